The van der Waals surface area contributed by atoms with E-state index in [1.165, 1.54) is 18.1 Å². The van der Waals surface area contributed by atoms with Crippen LogP contribution in [0.2, 0.25) is 0 Å². The molecule has 2 amide bonds. The smallest absolute Gasteiger partial charge is 0.248 e. The molecule has 7 heteroatoms. The average Bonchev–Trinajstić information content (AvgIpc) is 2.79. The number of amides is 2. The number of fused-ring (bicyclic) bond motifs is 1. The zero-order chi connectivity index (χ0) is 22.7. The summed E-state index contributed by atoms with van der Waals surface area (Å²) in [7, 11) is 0. The number of carbonyl (C=O) groups excluding carboxylic acids is 2. The highest BCUT2D eigenvalue weighted by molar-refractivity contribution is 9.10. The first-order valence-electron chi connectivity index (χ1n) is 10.8. The van der Waals surface area contributed by atoms with Crippen LogP contribution in [-0.4, -0.2) is 17.9 Å². The number of rotatable bonds is 5. The van der Waals surface area contributed by atoms with Gasteiger partial charge in [-0.15, -0.1) is 0 Å². The predicted octanol–water partition coefficient (Wildman–Crippen LogP) is 5.10. The molecule has 32 heavy (non-hydrogen) atoms. The quantitative estimate of drug-likeness (QED) is 0.532. The molecule has 0 saturated heterocycles. The molecular weight excluding hydrogens is 472 g/mol. The number of nitrogens with zero attached hydrogens (tertiary/aromatic N) is 1. The van der Waals surface area contributed by atoms with Crippen molar-refractivity contribution in [1.82, 2.24) is 5.32 Å². The van der Waals surface area contributed by atoms with Gasteiger partial charge in [-0.25, -0.2) is 0 Å². The third-order valence-corrected chi connectivity index (χ3v) is 6.58. The fourth-order valence-electron chi connectivity index (χ4n) is 4.34. The highest BCUT2D eigenvalue weighted by Crippen LogP contribution is 2.33. The Hall–Kier alpha value is -2.93. The number of carbonyl (C=O) groups is 2. The van der Waals surface area contributed by atoms with Gasteiger partial charge >= 0.3 is 0 Å². The summed E-state index contributed by atoms with van der Waals surface area (Å²) in [6, 6.07) is 12.9. The molecule has 166 valence electrons. The molecule has 3 aromatic rings. The van der Waals surface area contributed by atoms with Gasteiger partial charge in [0.1, 0.15) is 17.9 Å². The van der Waals surface area contributed by atoms with Gasteiger partial charge in [0.2, 0.25) is 11.8 Å². The van der Waals surface area contributed by atoms with E-state index in [1.807, 2.05) is 6.07 Å². The van der Waals surface area contributed by atoms with E-state index >= 15 is 0 Å². The van der Waals surface area contributed by atoms with Gasteiger partial charge < -0.3 is 9.73 Å². The second-order valence-corrected chi connectivity index (χ2v) is 8.96. The molecule has 1 heterocycles. The monoisotopic (exact) mass is 496 g/mol. The van der Waals surface area contributed by atoms with Crippen molar-refractivity contribution < 1.29 is 14.0 Å². The summed E-state index contributed by atoms with van der Waals surface area (Å²) in [6.07, 6.45) is 6.34. The molecule has 0 bridgehead atoms. The number of halogens is 1. The Morgan fingerprint density at radius 2 is 1.75 bits per heavy atom. The molecule has 2 aromatic carbocycles. The van der Waals surface area contributed by atoms with Gasteiger partial charge in [0.15, 0.2) is 5.43 Å². The van der Waals surface area contributed by atoms with Crippen molar-refractivity contribution in [3.05, 3.63) is 75.1 Å². The molecule has 0 radical (unpaired) electrons. The lowest BCUT2D eigenvalue weighted by Gasteiger charge is -2.32. The molecule has 1 saturated carbocycles. The van der Waals surface area contributed by atoms with Gasteiger partial charge in [-0.2, -0.15) is 0 Å². The zero-order valence-corrected chi connectivity index (χ0v) is 19.4. The number of anilines is 1. The molecule has 1 aliphatic rings. The van der Waals surface area contributed by atoms with Crippen LogP contribution in [0.15, 0.2) is 68.5 Å². The third-order valence-electron chi connectivity index (χ3n) is 5.91. The molecule has 1 fully saturated rings. The normalized spacial score (nSPS) is 15.3. The Labute approximate surface area is 194 Å². The van der Waals surface area contributed by atoms with E-state index in [1.54, 1.807) is 42.5 Å². The molecule has 4 rings (SSSR count). The predicted molar refractivity (Wildman–Crippen MR) is 128 cm³/mol. The van der Waals surface area contributed by atoms with Crippen LogP contribution in [0.3, 0.4) is 0 Å². The van der Waals surface area contributed by atoms with Crippen LogP contribution >= 0.6 is 15.9 Å². The number of hydrogen-bond donors (Lipinski definition) is 1. The number of hydrogen-bond acceptors (Lipinski definition) is 4. The minimum Gasteiger partial charge on any atom is -0.464 e. The van der Waals surface area contributed by atoms with Crippen LogP contribution in [0.4, 0.5) is 5.69 Å². The number of benzene rings is 2. The average molecular weight is 497 g/mol. The minimum atomic E-state index is -1.16. The lowest BCUT2D eigenvalue weighted by atomic mass is 9.94. The highest BCUT2D eigenvalue weighted by Gasteiger charge is 2.35. The SMILES string of the molecule is CC(=O)N(c1ccccc1Br)C(C(=O)NC1CCCCC1)c1coc2ccccc2c1=O. The van der Waals surface area contributed by atoms with Crippen LogP contribution in [0.25, 0.3) is 11.0 Å². The van der Waals surface area contributed by atoms with Crippen molar-refractivity contribution in [1.29, 1.82) is 0 Å². The van der Waals surface area contributed by atoms with Crippen molar-refractivity contribution in [2.24, 2.45) is 0 Å². The Morgan fingerprint density at radius 1 is 1.06 bits per heavy atom. The largest absolute Gasteiger partial charge is 0.464 e. The molecule has 1 atom stereocenters. The van der Waals surface area contributed by atoms with E-state index in [-0.39, 0.29) is 28.8 Å². The van der Waals surface area contributed by atoms with E-state index in [0.29, 0.717) is 21.1 Å². The molecular formula is C25H25BrN2O4. The van der Waals surface area contributed by atoms with E-state index in [2.05, 4.69) is 21.2 Å². The second kappa shape index (κ2) is 9.69. The van der Waals surface area contributed by atoms with Gasteiger partial charge in [0.25, 0.3) is 0 Å². The van der Waals surface area contributed by atoms with Crippen molar-refractivity contribution in [2.75, 3.05) is 4.90 Å². The first-order chi connectivity index (χ1) is 15.5. The van der Waals surface area contributed by atoms with Crippen molar-refractivity contribution in [3.63, 3.8) is 0 Å². The van der Waals surface area contributed by atoms with Gasteiger partial charge in [0, 0.05) is 17.4 Å². The topological polar surface area (TPSA) is 79.6 Å². The van der Waals surface area contributed by atoms with Crippen LogP contribution in [0.5, 0.6) is 0 Å². The first-order valence-corrected chi connectivity index (χ1v) is 11.6. The van der Waals surface area contributed by atoms with Gasteiger partial charge in [-0.1, -0.05) is 43.5 Å². The van der Waals surface area contributed by atoms with Crippen molar-refractivity contribution >= 4 is 44.4 Å². The molecule has 0 spiro atoms. The highest BCUT2D eigenvalue weighted by atomic mass is 79.9. The Bertz CT molecular complexity index is 1200. The molecule has 1 N–H and O–H groups in total. The van der Waals surface area contributed by atoms with Crippen molar-refractivity contribution in [2.45, 2.75) is 51.1 Å². The lowest BCUT2D eigenvalue weighted by Crippen LogP contribution is -2.48. The first kappa shape index (κ1) is 22.3. The second-order valence-electron chi connectivity index (χ2n) is 8.10. The fraction of sp³-hybridized carbons (Fsp3) is 0.320. The van der Waals surface area contributed by atoms with E-state index < -0.39 is 6.04 Å². The van der Waals surface area contributed by atoms with Crippen molar-refractivity contribution in [3.8, 4) is 0 Å². The molecule has 0 aliphatic heterocycles. The van der Waals surface area contributed by atoms with Crippen LogP contribution in [0.1, 0.15) is 50.6 Å². The molecule has 6 nitrogen and oxygen atoms in total. The standard InChI is InChI=1S/C25H25BrN2O4/c1-16(29)28(21-13-7-6-12-20(21)26)23(25(31)27-17-9-3-2-4-10-17)19-15-32-22-14-8-5-11-18(22)24(19)30/h5-8,11-15,17,23H,2-4,9-10H2,1H3,(H,27,31). The summed E-state index contributed by atoms with van der Waals surface area (Å²) in [5, 5.41) is 3.46. The maximum absolute atomic E-state index is 13.6. The minimum absolute atomic E-state index is 0.0271. The Morgan fingerprint density at radius 3 is 2.47 bits per heavy atom. The summed E-state index contributed by atoms with van der Waals surface area (Å²) >= 11 is 3.48. The Balaban J connectivity index is 1.85. The molecule has 1 unspecified atom stereocenters. The van der Waals surface area contributed by atoms with Gasteiger partial charge in [-0.05, 0) is 53.0 Å². The maximum Gasteiger partial charge on any atom is 0.248 e. The van der Waals surface area contributed by atoms with Crippen LogP contribution in [-0.2, 0) is 9.59 Å². The summed E-state index contributed by atoms with van der Waals surface area (Å²) in [5.74, 6) is -0.737. The number of nitrogens with one attached hydrogen (secondary N) is 1. The lowest BCUT2D eigenvalue weighted by molar-refractivity contribution is -0.126. The zero-order valence-electron chi connectivity index (χ0n) is 17.8. The summed E-state index contributed by atoms with van der Waals surface area (Å²) in [6.45, 7) is 1.39. The van der Waals surface area contributed by atoms with E-state index in [9.17, 15) is 14.4 Å². The molecule has 1 aromatic heterocycles. The van der Waals surface area contributed by atoms with Crippen LogP contribution < -0.4 is 15.6 Å². The van der Waals surface area contributed by atoms with E-state index in [0.717, 1.165) is 32.1 Å². The van der Waals surface area contributed by atoms with Gasteiger partial charge in [-0.3, -0.25) is 19.3 Å². The number of para-hydroxylation sites is 2. The Kier molecular flexibility index (Phi) is 6.74. The third kappa shape index (κ3) is 4.48. The summed E-state index contributed by atoms with van der Waals surface area (Å²) in [5.41, 5.74) is 0.746. The maximum atomic E-state index is 13.6. The fourth-order valence-corrected chi connectivity index (χ4v) is 4.82. The molecule has 1 aliphatic carbocycles. The van der Waals surface area contributed by atoms with E-state index in [4.69, 9.17) is 4.42 Å². The summed E-state index contributed by atoms with van der Waals surface area (Å²) < 4.78 is 6.36. The van der Waals surface area contributed by atoms with Gasteiger partial charge in [0.05, 0.1) is 16.6 Å². The summed E-state index contributed by atoms with van der Waals surface area (Å²) in [4.78, 5) is 41.3. The van der Waals surface area contributed by atoms with Crippen LogP contribution in [0, 0.1) is 0 Å².